The topological polar surface area (TPSA) is 69.6 Å². The van der Waals surface area contributed by atoms with Crippen LogP contribution in [-0.4, -0.2) is 22.7 Å². The minimum Gasteiger partial charge on any atom is -0.396 e. The fourth-order valence-corrected chi connectivity index (χ4v) is 4.27. The predicted octanol–water partition coefficient (Wildman–Crippen LogP) is 4.88. The Labute approximate surface area is 163 Å². The molecular formula is C21H37NO3S. The monoisotopic (exact) mass is 383 g/mol. The zero-order valence-corrected chi connectivity index (χ0v) is 17.4. The number of rotatable bonds is 15. The van der Waals surface area contributed by atoms with Gasteiger partial charge in [-0.1, -0.05) is 64.7 Å². The van der Waals surface area contributed by atoms with Gasteiger partial charge in [-0.2, -0.15) is 0 Å². The average molecular weight is 384 g/mol. The Morgan fingerprint density at radius 3 is 2.19 bits per heavy atom. The zero-order chi connectivity index (χ0) is 19.3. The van der Waals surface area contributed by atoms with Crippen molar-refractivity contribution in [3.63, 3.8) is 0 Å². The highest BCUT2D eigenvalue weighted by Crippen LogP contribution is 2.29. The van der Waals surface area contributed by atoms with Gasteiger partial charge in [-0.3, -0.25) is 4.79 Å². The minimum atomic E-state index is -1.46. The van der Waals surface area contributed by atoms with E-state index < -0.39 is 5.72 Å². The van der Waals surface area contributed by atoms with Crippen molar-refractivity contribution in [2.24, 2.45) is 0 Å². The first-order chi connectivity index (χ1) is 12.5. The molecule has 26 heavy (non-hydrogen) atoms. The van der Waals surface area contributed by atoms with E-state index in [4.69, 9.17) is 0 Å². The molecule has 0 saturated carbocycles. The standard InChI is InChI=1S/C21H37NO3S/c1-3-4-5-6-7-8-9-10-11-12-13-19-16-20(26-17-19)21(25,14-15-23)22-18(2)24/h16-17,23,25H,3-15H2,1-2H3,(H,22,24). The van der Waals surface area contributed by atoms with Gasteiger partial charge in [0.15, 0.2) is 5.72 Å². The van der Waals surface area contributed by atoms with E-state index in [0.717, 1.165) is 12.8 Å². The minimum absolute atomic E-state index is 0.102. The molecule has 1 rings (SSSR count). The number of aryl methyl sites for hydroxylation is 1. The van der Waals surface area contributed by atoms with Gasteiger partial charge in [-0.05, 0) is 29.9 Å². The molecule has 0 saturated heterocycles. The summed E-state index contributed by atoms with van der Waals surface area (Å²) in [5, 5.41) is 24.4. The number of carbonyl (C=O) groups excluding carboxylic acids is 1. The molecule has 0 fully saturated rings. The Morgan fingerprint density at radius 2 is 1.65 bits per heavy atom. The number of thiophene rings is 1. The van der Waals surface area contributed by atoms with Crippen LogP contribution in [0.1, 0.15) is 94.9 Å². The van der Waals surface area contributed by atoms with E-state index in [1.54, 1.807) is 0 Å². The molecule has 1 aromatic heterocycles. The molecule has 1 amide bonds. The van der Waals surface area contributed by atoms with Gasteiger partial charge in [-0.15, -0.1) is 11.3 Å². The summed E-state index contributed by atoms with van der Waals surface area (Å²) in [5.41, 5.74) is -0.257. The van der Waals surface area contributed by atoms with Crippen LogP contribution >= 0.6 is 11.3 Å². The van der Waals surface area contributed by atoms with Gasteiger partial charge < -0.3 is 15.5 Å². The molecule has 150 valence electrons. The molecular weight excluding hydrogens is 346 g/mol. The van der Waals surface area contributed by atoms with Crippen LogP contribution in [0.5, 0.6) is 0 Å². The van der Waals surface area contributed by atoms with Gasteiger partial charge in [0.2, 0.25) is 5.91 Å². The fraction of sp³-hybridized carbons (Fsp3) is 0.762. The lowest BCUT2D eigenvalue weighted by atomic mass is 10.0. The maximum atomic E-state index is 11.3. The number of hydrogen-bond donors (Lipinski definition) is 3. The summed E-state index contributed by atoms with van der Waals surface area (Å²) in [4.78, 5) is 12.0. The molecule has 4 nitrogen and oxygen atoms in total. The highest BCUT2D eigenvalue weighted by atomic mass is 32.1. The molecule has 0 aliphatic heterocycles. The highest BCUT2D eigenvalue weighted by Gasteiger charge is 2.31. The lowest BCUT2D eigenvalue weighted by molar-refractivity contribution is -0.128. The summed E-state index contributed by atoms with van der Waals surface area (Å²) in [5.74, 6) is -0.300. The second-order valence-corrected chi connectivity index (χ2v) is 8.18. The Bertz CT molecular complexity index is 503. The van der Waals surface area contributed by atoms with Crippen LogP contribution in [0.4, 0.5) is 0 Å². The molecule has 0 aromatic carbocycles. The van der Waals surface area contributed by atoms with Crippen molar-refractivity contribution < 1.29 is 15.0 Å². The molecule has 1 aromatic rings. The van der Waals surface area contributed by atoms with Crippen LogP contribution in [0.3, 0.4) is 0 Å². The molecule has 3 N–H and O–H groups in total. The van der Waals surface area contributed by atoms with E-state index in [2.05, 4.69) is 12.2 Å². The van der Waals surface area contributed by atoms with Crippen LogP contribution < -0.4 is 5.32 Å². The van der Waals surface area contributed by atoms with Crippen molar-refractivity contribution in [2.75, 3.05) is 6.61 Å². The summed E-state index contributed by atoms with van der Waals surface area (Å²) in [7, 11) is 0. The lowest BCUT2D eigenvalue weighted by Crippen LogP contribution is -2.45. The maximum Gasteiger partial charge on any atom is 0.219 e. The van der Waals surface area contributed by atoms with E-state index >= 15 is 0 Å². The third-order valence-electron chi connectivity index (χ3n) is 4.74. The molecule has 0 aliphatic rings. The van der Waals surface area contributed by atoms with Gasteiger partial charge in [0.1, 0.15) is 0 Å². The van der Waals surface area contributed by atoms with Crippen molar-refractivity contribution in [1.29, 1.82) is 0 Å². The van der Waals surface area contributed by atoms with E-state index in [9.17, 15) is 15.0 Å². The van der Waals surface area contributed by atoms with Gasteiger partial charge in [-0.25, -0.2) is 0 Å². The molecule has 0 radical (unpaired) electrons. The quantitative estimate of drug-likeness (QED) is 0.299. The third-order valence-corrected chi connectivity index (χ3v) is 5.87. The Morgan fingerprint density at radius 1 is 1.08 bits per heavy atom. The average Bonchev–Trinajstić information content (AvgIpc) is 3.06. The molecule has 0 aliphatic carbocycles. The van der Waals surface area contributed by atoms with Crippen molar-refractivity contribution in [3.05, 3.63) is 21.9 Å². The number of nitrogens with one attached hydrogen (secondary N) is 1. The van der Waals surface area contributed by atoms with Gasteiger partial charge in [0.05, 0.1) is 4.88 Å². The number of hydrogen-bond acceptors (Lipinski definition) is 4. The van der Waals surface area contributed by atoms with Gasteiger partial charge in [0, 0.05) is 20.0 Å². The molecule has 0 spiro atoms. The van der Waals surface area contributed by atoms with Crippen LogP contribution in [0, 0.1) is 0 Å². The molecule has 0 bridgehead atoms. The van der Waals surface area contributed by atoms with Crippen molar-refractivity contribution in [3.8, 4) is 0 Å². The third kappa shape index (κ3) is 9.15. The normalized spacial score (nSPS) is 13.5. The van der Waals surface area contributed by atoms with Crippen molar-refractivity contribution in [2.45, 2.75) is 96.6 Å². The molecule has 1 heterocycles. The summed E-state index contributed by atoms with van der Waals surface area (Å²) in [6.45, 7) is 3.45. The van der Waals surface area contributed by atoms with E-state index in [1.165, 1.54) is 81.6 Å². The second kappa shape index (κ2) is 13.3. The number of aliphatic hydroxyl groups is 2. The lowest BCUT2D eigenvalue weighted by Gasteiger charge is -2.26. The molecule has 1 unspecified atom stereocenters. The number of aliphatic hydroxyl groups excluding tert-OH is 1. The van der Waals surface area contributed by atoms with E-state index in [1.807, 2.05) is 11.4 Å². The first kappa shape index (κ1) is 23.1. The SMILES string of the molecule is CCCCCCCCCCCCc1csc(C(O)(CCO)NC(C)=O)c1. The van der Waals surface area contributed by atoms with Gasteiger partial charge in [0.25, 0.3) is 0 Å². The zero-order valence-electron chi connectivity index (χ0n) is 16.6. The second-order valence-electron chi connectivity index (χ2n) is 7.27. The number of amides is 1. The summed E-state index contributed by atoms with van der Waals surface area (Å²) in [6.07, 6.45) is 14.3. The first-order valence-corrected chi connectivity index (χ1v) is 11.1. The van der Waals surface area contributed by atoms with Crippen LogP contribution in [0.25, 0.3) is 0 Å². The maximum absolute atomic E-state index is 11.3. The highest BCUT2D eigenvalue weighted by molar-refractivity contribution is 7.10. The number of carbonyl (C=O) groups is 1. The Kier molecular flexibility index (Phi) is 11.8. The van der Waals surface area contributed by atoms with Crippen molar-refractivity contribution in [1.82, 2.24) is 5.32 Å². The predicted molar refractivity (Wildman–Crippen MR) is 109 cm³/mol. The summed E-state index contributed by atoms with van der Waals surface area (Å²) in [6, 6.07) is 1.96. The summed E-state index contributed by atoms with van der Waals surface area (Å²) < 4.78 is 0. The van der Waals surface area contributed by atoms with Crippen LogP contribution in [0.2, 0.25) is 0 Å². The van der Waals surface area contributed by atoms with E-state index in [-0.39, 0.29) is 18.9 Å². The smallest absolute Gasteiger partial charge is 0.219 e. The van der Waals surface area contributed by atoms with Gasteiger partial charge >= 0.3 is 0 Å². The van der Waals surface area contributed by atoms with Crippen molar-refractivity contribution >= 4 is 17.2 Å². The van der Waals surface area contributed by atoms with E-state index in [0.29, 0.717) is 4.88 Å². The Hall–Kier alpha value is -0.910. The summed E-state index contributed by atoms with van der Waals surface area (Å²) >= 11 is 1.44. The largest absolute Gasteiger partial charge is 0.396 e. The first-order valence-electron chi connectivity index (χ1n) is 10.2. The van der Waals surface area contributed by atoms with Crippen LogP contribution in [0.15, 0.2) is 11.4 Å². The van der Waals surface area contributed by atoms with Crippen LogP contribution in [-0.2, 0) is 16.9 Å². The molecule has 5 heteroatoms. The Balaban J connectivity index is 2.25. The fourth-order valence-electron chi connectivity index (χ4n) is 3.24. The number of unbranched alkanes of at least 4 members (excludes halogenated alkanes) is 9. The molecule has 1 atom stereocenters.